The zero-order valence-corrected chi connectivity index (χ0v) is 12.6. The molecule has 104 valence electrons. The average molecular weight is 276 g/mol. The average Bonchev–Trinajstić information content (AvgIpc) is 2.49. The molecule has 1 aromatic rings. The molecule has 0 radical (unpaired) electrons. The van der Waals surface area contributed by atoms with E-state index < -0.39 is 0 Å². The number of fused-ring (bicyclic) bond motifs is 1. The van der Waals surface area contributed by atoms with E-state index in [1.807, 2.05) is 6.20 Å². The molecule has 0 spiro atoms. The number of nitrogens with zero attached hydrogens (tertiary/aromatic N) is 1. The van der Waals surface area contributed by atoms with Crippen molar-refractivity contribution in [3.8, 4) is 0 Å². The van der Waals surface area contributed by atoms with Crippen LogP contribution in [0.2, 0.25) is 0 Å². The van der Waals surface area contributed by atoms with Crippen molar-refractivity contribution in [3.63, 3.8) is 0 Å². The Morgan fingerprint density at radius 1 is 1.32 bits per heavy atom. The summed E-state index contributed by atoms with van der Waals surface area (Å²) in [7, 11) is 2.14. The molecule has 1 aliphatic carbocycles. The molecule has 2 nitrogen and oxygen atoms in total. The number of likely N-dealkylation sites (N-methyl/N-ethyl adjacent to an activating group) is 1. The fourth-order valence-electron chi connectivity index (χ4n) is 3.69. The van der Waals surface area contributed by atoms with Crippen LogP contribution in [0.15, 0.2) is 18.3 Å². The number of hydrogen-bond acceptors (Lipinski definition) is 3. The lowest BCUT2D eigenvalue weighted by atomic mass is 9.80. The van der Waals surface area contributed by atoms with Gasteiger partial charge in [0.1, 0.15) is 0 Å². The molecular formula is C16H24N2S. The summed E-state index contributed by atoms with van der Waals surface area (Å²) in [5.74, 6) is 1.95. The van der Waals surface area contributed by atoms with E-state index in [4.69, 9.17) is 4.98 Å². The summed E-state index contributed by atoms with van der Waals surface area (Å²) >= 11 is 2.17. The Balaban J connectivity index is 1.83. The second kappa shape index (κ2) is 6.27. The summed E-state index contributed by atoms with van der Waals surface area (Å²) in [5, 5.41) is 4.40. The van der Waals surface area contributed by atoms with Crippen LogP contribution in [0, 0.1) is 0 Å². The molecule has 1 saturated heterocycles. The van der Waals surface area contributed by atoms with Crippen LogP contribution in [-0.2, 0) is 6.42 Å². The third kappa shape index (κ3) is 2.82. The van der Waals surface area contributed by atoms with Gasteiger partial charge in [-0.3, -0.25) is 4.98 Å². The Labute approximate surface area is 120 Å². The Morgan fingerprint density at radius 3 is 3.05 bits per heavy atom. The van der Waals surface area contributed by atoms with Gasteiger partial charge in [-0.25, -0.2) is 0 Å². The summed E-state index contributed by atoms with van der Waals surface area (Å²) in [5.41, 5.74) is 2.86. The maximum absolute atomic E-state index is 4.72. The first-order valence-corrected chi connectivity index (χ1v) is 8.67. The van der Waals surface area contributed by atoms with Crippen molar-refractivity contribution < 1.29 is 0 Å². The normalized spacial score (nSPS) is 28.7. The van der Waals surface area contributed by atoms with Crippen molar-refractivity contribution in [2.75, 3.05) is 12.8 Å². The summed E-state index contributed by atoms with van der Waals surface area (Å²) < 4.78 is 0. The quantitative estimate of drug-likeness (QED) is 0.916. The lowest BCUT2D eigenvalue weighted by Gasteiger charge is -2.37. The number of nitrogens with one attached hydrogen (secondary N) is 1. The van der Waals surface area contributed by atoms with Gasteiger partial charge in [0.15, 0.2) is 0 Å². The number of aryl methyl sites for hydroxylation is 1. The number of rotatable bonds is 3. The molecule has 3 heteroatoms. The van der Waals surface area contributed by atoms with Gasteiger partial charge in [0.05, 0.1) is 0 Å². The predicted molar refractivity (Wildman–Crippen MR) is 82.9 cm³/mol. The van der Waals surface area contributed by atoms with Crippen molar-refractivity contribution in [1.29, 1.82) is 0 Å². The number of thioether (sulfide) groups is 1. The van der Waals surface area contributed by atoms with Gasteiger partial charge in [-0.15, -0.1) is 0 Å². The molecule has 0 aromatic carbocycles. The summed E-state index contributed by atoms with van der Waals surface area (Å²) in [6.07, 6.45) is 9.97. The second-order valence-corrected chi connectivity index (χ2v) is 7.11. The van der Waals surface area contributed by atoms with E-state index in [0.29, 0.717) is 12.0 Å². The molecule has 2 aliphatic rings. The lowest BCUT2D eigenvalue weighted by Crippen LogP contribution is -2.43. The second-order valence-electron chi connectivity index (χ2n) is 5.77. The minimum Gasteiger partial charge on any atom is -0.315 e. The minimum atomic E-state index is 0.597. The highest BCUT2D eigenvalue weighted by Gasteiger charge is 2.34. The van der Waals surface area contributed by atoms with Crippen LogP contribution in [0.3, 0.4) is 0 Å². The molecule has 1 fully saturated rings. The molecule has 19 heavy (non-hydrogen) atoms. The third-order valence-corrected chi connectivity index (χ3v) is 6.10. The van der Waals surface area contributed by atoms with Crippen LogP contribution >= 0.6 is 11.8 Å². The number of hydrogen-bond donors (Lipinski definition) is 1. The Hall–Kier alpha value is -0.540. The van der Waals surface area contributed by atoms with Gasteiger partial charge in [0.2, 0.25) is 0 Å². The SMILES string of the molecule is CNC(C1CCCCS1)C1CCCc2cccnc21. The minimum absolute atomic E-state index is 0.597. The van der Waals surface area contributed by atoms with Crippen molar-refractivity contribution in [3.05, 3.63) is 29.6 Å². The maximum Gasteiger partial charge on any atom is 0.0482 e. The first-order chi connectivity index (χ1) is 9.40. The Bertz CT molecular complexity index is 415. The van der Waals surface area contributed by atoms with E-state index in [1.54, 1.807) is 0 Å². The van der Waals surface area contributed by atoms with Crippen LogP contribution in [0.5, 0.6) is 0 Å². The van der Waals surface area contributed by atoms with E-state index in [0.717, 1.165) is 5.25 Å². The van der Waals surface area contributed by atoms with Crippen LogP contribution < -0.4 is 5.32 Å². The maximum atomic E-state index is 4.72. The molecular weight excluding hydrogens is 252 g/mol. The van der Waals surface area contributed by atoms with E-state index >= 15 is 0 Å². The van der Waals surface area contributed by atoms with Crippen LogP contribution in [0.4, 0.5) is 0 Å². The first-order valence-electron chi connectivity index (χ1n) is 7.63. The third-order valence-electron chi connectivity index (χ3n) is 4.62. The highest BCUT2D eigenvalue weighted by atomic mass is 32.2. The molecule has 0 saturated carbocycles. The van der Waals surface area contributed by atoms with Crippen LogP contribution in [-0.4, -0.2) is 29.1 Å². The summed E-state index contributed by atoms with van der Waals surface area (Å²) in [6.45, 7) is 0. The molecule has 1 aliphatic heterocycles. The highest BCUT2D eigenvalue weighted by molar-refractivity contribution is 8.00. The van der Waals surface area contributed by atoms with Gasteiger partial charge >= 0.3 is 0 Å². The van der Waals surface area contributed by atoms with Gasteiger partial charge in [0, 0.05) is 29.1 Å². The monoisotopic (exact) mass is 276 g/mol. The van der Waals surface area contributed by atoms with Gasteiger partial charge in [-0.2, -0.15) is 11.8 Å². The number of aromatic nitrogens is 1. The van der Waals surface area contributed by atoms with Crippen molar-refractivity contribution >= 4 is 11.8 Å². The molecule has 0 amide bonds. The Kier molecular flexibility index (Phi) is 4.44. The molecule has 3 atom stereocenters. The predicted octanol–water partition coefficient (Wildman–Crippen LogP) is 3.38. The largest absolute Gasteiger partial charge is 0.315 e. The van der Waals surface area contributed by atoms with E-state index in [2.05, 4.69) is 36.3 Å². The van der Waals surface area contributed by atoms with Crippen LogP contribution in [0.25, 0.3) is 0 Å². The smallest absolute Gasteiger partial charge is 0.0482 e. The molecule has 0 bridgehead atoms. The van der Waals surface area contributed by atoms with E-state index in [-0.39, 0.29) is 0 Å². The van der Waals surface area contributed by atoms with Crippen molar-refractivity contribution in [1.82, 2.24) is 10.3 Å². The van der Waals surface area contributed by atoms with E-state index in [1.165, 1.54) is 55.5 Å². The first kappa shape index (κ1) is 13.4. The topological polar surface area (TPSA) is 24.9 Å². The molecule has 2 heterocycles. The fourth-order valence-corrected chi connectivity index (χ4v) is 5.23. The molecule has 1 N–H and O–H groups in total. The van der Waals surface area contributed by atoms with Gasteiger partial charge in [-0.1, -0.05) is 12.5 Å². The lowest BCUT2D eigenvalue weighted by molar-refractivity contribution is 0.380. The zero-order chi connectivity index (χ0) is 13.1. The fraction of sp³-hybridized carbons (Fsp3) is 0.688. The zero-order valence-electron chi connectivity index (χ0n) is 11.8. The summed E-state index contributed by atoms with van der Waals surface area (Å²) in [4.78, 5) is 4.72. The molecule has 1 aromatic heterocycles. The van der Waals surface area contributed by atoms with Gasteiger partial charge in [-0.05, 0) is 56.5 Å². The number of pyridine rings is 1. The Morgan fingerprint density at radius 2 is 2.26 bits per heavy atom. The molecule has 3 unspecified atom stereocenters. The summed E-state index contributed by atoms with van der Waals surface area (Å²) in [6, 6.07) is 4.96. The van der Waals surface area contributed by atoms with Crippen LogP contribution in [0.1, 0.15) is 49.3 Å². The highest BCUT2D eigenvalue weighted by Crippen LogP contribution is 2.38. The van der Waals surface area contributed by atoms with Gasteiger partial charge in [0.25, 0.3) is 0 Å². The van der Waals surface area contributed by atoms with Crippen molar-refractivity contribution in [2.24, 2.45) is 0 Å². The standard InChI is InChI=1S/C16H24N2S/c1-17-16(14-9-2-3-11-19-14)13-8-4-6-12-7-5-10-18-15(12)13/h5,7,10,13-14,16-17H,2-4,6,8-9,11H2,1H3. The van der Waals surface area contributed by atoms with Crippen molar-refractivity contribution in [2.45, 2.75) is 55.7 Å². The molecule has 3 rings (SSSR count). The van der Waals surface area contributed by atoms with E-state index in [9.17, 15) is 0 Å². The van der Waals surface area contributed by atoms with Gasteiger partial charge < -0.3 is 5.32 Å².